The Kier molecular flexibility index (Phi) is 6.16. The fourth-order valence-corrected chi connectivity index (χ4v) is 5.30. The second-order valence-corrected chi connectivity index (χ2v) is 9.11. The van der Waals surface area contributed by atoms with Crippen LogP contribution < -0.4 is 5.11 Å². The number of benzene rings is 1. The Morgan fingerprint density at radius 3 is 2.07 bits per heavy atom. The van der Waals surface area contributed by atoms with Crippen LogP contribution in [0.1, 0.15) is 55.3 Å². The Balaban J connectivity index is 1.78. The molecule has 0 unspecified atom stereocenters. The molecule has 1 atom stereocenters. The van der Waals surface area contributed by atoms with Gasteiger partial charge in [0.25, 0.3) is 5.91 Å². The van der Waals surface area contributed by atoms with Crippen molar-refractivity contribution in [3.05, 3.63) is 29.8 Å². The molecule has 2 heterocycles. The zero-order valence-electron chi connectivity index (χ0n) is 15.3. The van der Waals surface area contributed by atoms with Crippen LogP contribution in [-0.4, -0.2) is 55.2 Å². The fourth-order valence-electron chi connectivity index (χ4n) is 3.79. The Morgan fingerprint density at radius 1 is 0.889 bits per heavy atom. The number of aliphatic carboxylic acids is 1. The molecular weight excluding hydrogens is 368 g/mol. The van der Waals surface area contributed by atoms with Crippen molar-refractivity contribution in [2.24, 2.45) is 0 Å². The number of carboxylic acids is 1. The van der Waals surface area contributed by atoms with E-state index in [1.807, 2.05) is 0 Å². The van der Waals surface area contributed by atoms with E-state index in [1.165, 1.54) is 33.5 Å². The van der Waals surface area contributed by atoms with E-state index in [2.05, 4.69) is 0 Å². The molecule has 2 saturated heterocycles. The molecule has 7 nitrogen and oxygen atoms in total. The lowest BCUT2D eigenvalue weighted by atomic mass is 10.0. The summed E-state index contributed by atoms with van der Waals surface area (Å²) < 4.78 is 27.1. The topological polar surface area (TPSA) is 97.8 Å². The maximum Gasteiger partial charge on any atom is 0.254 e. The molecule has 0 radical (unpaired) electrons. The van der Waals surface area contributed by atoms with Crippen LogP contribution in [0.15, 0.2) is 29.2 Å². The molecule has 1 aromatic rings. The lowest BCUT2D eigenvalue weighted by molar-refractivity contribution is -0.311. The average Bonchev–Trinajstić information content (AvgIpc) is 2.97. The second-order valence-electron chi connectivity index (χ2n) is 7.17. The van der Waals surface area contributed by atoms with Crippen molar-refractivity contribution in [1.82, 2.24) is 9.21 Å². The van der Waals surface area contributed by atoms with E-state index in [9.17, 15) is 23.1 Å². The second kappa shape index (κ2) is 8.39. The van der Waals surface area contributed by atoms with Crippen molar-refractivity contribution in [3.63, 3.8) is 0 Å². The van der Waals surface area contributed by atoms with E-state index < -0.39 is 27.9 Å². The molecule has 0 saturated carbocycles. The van der Waals surface area contributed by atoms with Crippen LogP contribution in [0.25, 0.3) is 0 Å². The number of likely N-dealkylation sites (tertiary alicyclic amines) is 1. The number of piperidine rings is 1. The van der Waals surface area contributed by atoms with E-state index in [0.29, 0.717) is 26.1 Å². The van der Waals surface area contributed by atoms with E-state index in [-0.39, 0.29) is 10.5 Å². The predicted octanol–water partition coefficient (Wildman–Crippen LogP) is 0.996. The van der Waals surface area contributed by atoms with Gasteiger partial charge in [-0.1, -0.05) is 12.8 Å². The summed E-state index contributed by atoms with van der Waals surface area (Å²) in [5.74, 6) is -1.65. The summed E-state index contributed by atoms with van der Waals surface area (Å²) in [5, 5.41) is 11.3. The van der Waals surface area contributed by atoms with Gasteiger partial charge in [-0.3, -0.25) is 4.79 Å². The Hall–Kier alpha value is -1.93. The van der Waals surface area contributed by atoms with Crippen LogP contribution >= 0.6 is 0 Å². The number of nitrogens with zero attached hydrogens (tertiary/aromatic N) is 2. The first kappa shape index (κ1) is 19.8. The quantitative estimate of drug-likeness (QED) is 0.760. The minimum absolute atomic E-state index is 0.163. The molecule has 2 aliphatic rings. The third-order valence-electron chi connectivity index (χ3n) is 5.34. The van der Waals surface area contributed by atoms with Crippen LogP contribution in [0, 0.1) is 0 Å². The van der Waals surface area contributed by atoms with Crippen molar-refractivity contribution >= 4 is 21.9 Å². The van der Waals surface area contributed by atoms with Crippen LogP contribution in [0.4, 0.5) is 0 Å². The normalized spacial score (nSPS) is 22.2. The van der Waals surface area contributed by atoms with Gasteiger partial charge in [0.15, 0.2) is 0 Å². The molecule has 27 heavy (non-hydrogen) atoms. The number of hydrogen-bond acceptors (Lipinski definition) is 5. The Bertz CT molecular complexity index is 783. The molecule has 2 fully saturated rings. The zero-order chi connectivity index (χ0) is 19.4. The molecule has 0 aliphatic carbocycles. The Labute approximate surface area is 160 Å². The standard InChI is InChI=1S/C19H26N2O5S/c22-18(21-14-6-3-7-17(21)19(23)24)15-8-10-16(11-9-15)27(25,26)20-12-4-1-2-5-13-20/h8-11,17H,1-7,12-14H2,(H,23,24)/p-1/t17-/m1/s1. The molecule has 2 aliphatic heterocycles. The van der Waals surface area contributed by atoms with Crippen molar-refractivity contribution in [2.75, 3.05) is 19.6 Å². The predicted molar refractivity (Wildman–Crippen MR) is 97.4 cm³/mol. The van der Waals surface area contributed by atoms with Crippen LogP contribution in [-0.2, 0) is 14.8 Å². The number of carbonyl (C=O) groups excluding carboxylic acids is 2. The largest absolute Gasteiger partial charge is 0.548 e. The highest BCUT2D eigenvalue weighted by Gasteiger charge is 2.29. The number of sulfonamides is 1. The van der Waals surface area contributed by atoms with Crippen molar-refractivity contribution < 1.29 is 23.1 Å². The number of rotatable bonds is 4. The van der Waals surface area contributed by atoms with Crippen LogP contribution in [0.2, 0.25) is 0 Å². The molecule has 0 spiro atoms. The summed E-state index contributed by atoms with van der Waals surface area (Å²) in [4.78, 5) is 25.5. The Morgan fingerprint density at radius 2 is 1.48 bits per heavy atom. The van der Waals surface area contributed by atoms with E-state index >= 15 is 0 Å². The highest BCUT2D eigenvalue weighted by atomic mass is 32.2. The average molecular weight is 393 g/mol. The minimum Gasteiger partial charge on any atom is -0.548 e. The van der Waals surface area contributed by atoms with Gasteiger partial charge in [0, 0.05) is 25.2 Å². The highest BCUT2D eigenvalue weighted by molar-refractivity contribution is 7.89. The first-order valence-corrected chi connectivity index (χ1v) is 11.0. The highest BCUT2D eigenvalue weighted by Crippen LogP contribution is 2.23. The summed E-state index contributed by atoms with van der Waals surface area (Å²) in [6.07, 6.45) is 5.66. The van der Waals surface area contributed by atoms with Gasteiger partial charge in [0.05, 0.1) is 16.9 Å². The molecule has 148 valence electrons. The summed E-state index contributed by atoms with van der Waals surface area (Å²) in [6.45, 7) is 1.40. The van der Waals surface area contributed by atoms with Gasteiger partial charge in [-0.2, -0.15) is 4.31 Å². The van der Waals surface area contributed by atoms with Gasteiger partial charge >= 0.3 is 0 Å². The lowest BCUT2D eigenvalue weighted by Gasteiger charge is -2.36. The maximum absolute atomic E-state index is 12.8. The number of carbonyl (C=O) groups is 2. The number of carboxylic acid groups (broad SMARTS) is 1. The molecule has 0 N–H and O–H groups in total. The zero-order valence-corrected chi connectivity index (χ0v) is 16.1. The van der Waals surface area contributed by atoms with Gasteiger partial charge in [-0.25, -0.2) is 8.42 Å². The third-order valence-corrected chi connectivity index (χ3v) is 7.25. The molecule has 1 aromatic carbocycles. The third kappa shape index (κ3) is 4.32. The molecule has 1 amide bonds. The van der Waals surface area contributed by atoms with Gasteiger partial charge < -0.3 is 14.8 Å². The van der Waals surface area contributed by atoms with E-state index in [1.54, 1.807) is 0 Å². The molecular formula is C19H25N2O5S-. The molecule has 8 heteroatoms. The minimum atomic E-state index is -3.57. The van der Waals surface area contributed by atoms with Gasteiger partial charge in [-0.15, -0.1) is 0 Å². The van der Waals surface area contributed by atoms with E-state index in [4.69, 9.17) is 0 Å². The molecule has 0 bridgehead atoms. The first-order valence-electron chi connectivity index (χ1n) is 9.53. The van der Waals surface area contributed by atoms with Crippen molar-refractivity contribution in [2.45, 2.75) is 55.9 Å². The maximum atomic E-state index is 12.8. The van der Waals surface area contributed by atoms with Crippen LogP contribution in [0.3, 0.4) is 0 Å². The number of hydrogen-bond donors (Lipinski definition) is 0. The lowest BCUT2D eigenvalue weighted by Crippen LogP contribution is -2.52. The van der Waals surface area contributed by atoms with E-state index in [0.717, 1.165) is 38.5 Å². The van der Waals surface area contributed by atoms with Crippen molar-refractivity contribution in [3.8, 4) is 0 Å². The summed E-state index contributed by atoms with van der Waals surface area (Å²) >= 11 is 0. The summed E-state index contributed by atoms with van der Waals surface area (Å²) in [7, 11) is -3.57. The first-order chi connectivity index (χ1) is 12.9. The van der Waals surface area contributed by atoms with Crippen LogP contribution in [0.5, 0.6) is 0 Å². The summed E-state index contributed by atoms with van der Waals surface area (Å²) in [5.41, 5.74) is 0.290. The number of amides is 1. The molecule has 3 rings (SSSR count). The smallest absolute Gasteiger partial charge is 0.254 e. The van der Waals surface area contributed by atoms with Crippen molar-refractivity contribution in [1.29, 1.82) is 0 Å². The summed E-state index contributed by atoms with van der Waals surface area (Å²) in [6, 6.07) is 4.88. The molecule has 0 aromatic heterocycles. The SMILES string of the molecule is O=C([O-])[C@H]1CCCCN1C(=O)c1ccc(S(=O)(=O)N2CCCCCC2)cc1. The van der Waals surface area contributed by atoms with Gasteiger partial charge in [-0.05, 0) is 56.4 Å². The monoisotopic (exact) mass is 393 g/mol. The van der Waals surface area contributed by atoms with Gasteiger partial charge in [0.2, 0.25) is 10.0 Å². The fraction of sp³-hybridized carbons (Fsp3) is 0.579. The van der Waals surface area contributed by atoms with Gasteiger partial charge in [0.1, 0.15) is 0 Å².